The van der Waals surface area contributed by atoms with Crippen LogP contribution >= 0.6 is 0 Å². The fraction of sp³-hybridized carbons (Fsp3) is 0.188. The van der Waals surface area contributed by atoms with E-state index in [9.17, 15) is 0 Å². The third-order valence-electron chi connectivity index (χ3n) is 3.17. The van der Waals surface area contributed by atoms with Gasteiger partial charge in [-0.1, -0.05) is 18.2 Å². The zero-order valence-electron chi connectivity index (χ0n) is 11.5. The first kappa shape index (κ1) is 12.7. The summed E-state index contributed by atoms with van der Waals surface area (Å²) in [5, 5.41) is 3.13. The van der Waals surface area contributed by atoms with Gasteiger partial charge in [-0.05, 0) is 36.9 Å². The van der Waals surface area contributed by atoms with Crippen LogP contribution in [0, 0.1) is 0 Å². The molecule has 3 aromatic rings. The average Bonchev–Trinajstić information content (AvgIpc) is 2.90. The van der Waals surface area contributed by atoms with Crippen LogP contribution in [0.1, 0.15) is 5.56 Å². The SMILES string of the molecule is CNCc1ccc2oc(-c3ccccc3OC)nc2c1. The molecule has 4 nitrogen and oxygen atoms in total. The third-order valence-corrected chi connectivity index (χ3v) is 3.17. The van der Waals surface area contributed by atoms with Crippen molar-refractivity contribution in [2.24, 2.45) is 0 Å². The second-order valence-corrected chi connectivity index (χ2v) is 4.55. The van der Waals surface area contributed by atoms with Crippen molar-refractivity contribution < 1.29 is 9.15 Å². The molecule has 0 unspecified atom stereocenters. The second-order valence-electron chi connectivity index (χ2n) is 4.55. The van der Waals surface area contributed by atoms with Gasteiger partial charge >= 0.3 is 0 Å². The average molecular weight is 268 g/mol. The predicted octanol–water partition coefficient (Wildman–Crippen LogP) is 3.22. The number of oxazole rings is 1. The number of ether oxygens (including phenoxy) is 1. The van der Waals surface area contributed by atoms with Crippen molar-refractivity contribution in [3.8, 4) is 17.2 Å². The van der Waals surface area contributed by atoms with E-state index in [1.165, 1.54) is 5.56 Å². The zero-order valence-corrected chi connectivity index (χ0v) is 11.5. The van der Waals surface area contributed by atoms with Crippen LogP contribution < -0.4 is 10.1 Å². The highest BCUT2D eigenvalue weighted by atomic mass is 16.5. The summed E-state index contributed by atoms with van der Waals surface area (Å²) < 4.78 is 11.2. The highest BCUT2D eigenvalue weighted by molar-refractivity contribution is 5.78. The number of aromatic nitrogens is 1. The van der Waals surface area contributed by atoms with E-state index in [1.807, 2.05) is 49.5 Å². The van der Waals surface area contributed by atoms with Gasteiger partial charge in [-0.25, -0.2) is 4.98 Å². The Kier molecular flexibility index (Phi) is 3.39. The van der Waals surface area contributed by atoms with Gasteiger partial charge in [-0.3, -0.25) is 0 Å². The smallest absolute Gasteiger partial charge is 0.231 e. The Hall–Kier alpha value is -2.33. The lowest BCUT2D eigenvalue weighted by molar-refractivity contribution is 0.414. The molecule has 0 saturated carbocycles. The van der Waals surface area contributed by atoms with E-state index in [0.29, 0.717) is 5.89 Å². The summed E-state index contributed by atoms with van der Waals surface area (Å²) in [7, 11) is 3.57. The Morgan fingerprint density at radius 1 is 1.20 bits per heavy atom. The lowest BCUT2D eigenvalue weighted by atomic mass is 10.2. The molecular formula is C16H16N2O2. The largest absolute Gasteiger partial charge is 0.496 e. The summed E-state index contributed by atoms with van der Waals surface area (Å²) in [5.74, 6) is 1.34. The molecular weight excluding hydrogens is 252 g/mol. The molecule has 0 fully saturated rings. The summed E-state index contributed by atoms with van der Waals surface area (Å²) in [5.41, 5.74) is 3.69. The van der Waals surface area contributed by atoms with Gasteiger partial charge in [-0.15, -0.1) is 0 Å². The Labute approximate surface area is 117 Å². The first-order valence-electron chi connectivity index (χ1n) is 6.49. The first-order valence-corrected chi connectivity index (χ1v) is 6.49. The predicted molar refractivity (Wildman–Crippen MR) is 78.8 cm³/mol. The molecule has 1 heterocycles. The fourth-order valence-corrected chi connectivity index (χ4v) is 2.22. The normalized spacial score (nSPS) is 10.9. The van der Waals surface area contributed by atoms with E-state index in [0.717, 1.165) is 29.0 Å². The van der Waals surface area contributed by atoms with E-state index < -0.39 is 0 Å². The van der Waals surface area contributed by atoms with Gasteiger partial charge < -0.3 is 14.5 Å². The molecule has 3 rings (SSSR count). The molecule has 1 N–H and O–H groups in total. The minimum atomic E-state index is 0.582. The van der Waals surface area contributed by atoms with Gasteiger partial charge in [0, 0.05) is 6.54 Å². The Morgan fingerprint density at radius 2 is 2.05 bits per heavy atom. The maximum Gasteiger partial charge on any atom is 0.231 e. The molecule has 0 bridgehead atoms. The summed E-state index contributed by atoms with van der Waals surface area (Å²) in [6, 6.07) is 13.7. The third kappa shape index (κ3) is 2.26. The highest BCUT2D eigenvalue weighted by Gasteiger charge is 2.12. The van der Waals surface area contributed by atoms with Gasteiger partial charge in [0.15, 0.2) is 5.58 Å². The maximum absolute atomic E-state index is 5.82. The van der Waals surface area contributed by atoms with Crippen LogP contribution in [-0.4, -0.2) is 19.1 Å². The van der Waals surface area contributed by atoms with E-state index in [-0.39, 0.29) is 0 Å². The standard InChI is InChI=1S/C16H16N2O2/c1-17-10-11-7-8-15-13(9-11)18-16(20-15)12-5-3-4-6-14(12)19-2/h3-9,17H,10H2,1-2H3. The number of benzene rings is 2. The number of fused-ring (bicyclic) bond motifs is 1. The molecule has 4 heteroatoms. The van der Waals surface area contributed by atoms with E-state index in [1.54, 1.807) is 7.11 Å². The summed E-state index contributed by atoms with van der Waals surface area (Å²) in [6.45, 7) is 0.812. The van der Waals surface area contributed by atoms with Crippen molar-refractivity contribution >= 4 is 11.1 Å². The molecule has 0 saturated heterocycles. The number of nitrogens with one attached hydrogen (secondary N) is 1. The molecule has 0 spiro atoms. The molecule has 0 amide bonds. The van der Waals surface area contributed by atoms with Crippen molar-refractivity contribution in [2.75, 3.05) is 14.2 Å². The number of nitrogens with zero attached hydrogens (tertiary/aromatic N) is 1. The van der Waals surface area contributed by atoms with E-state index in [2.05, 4.69) is 10.3 Å². The van der Waals surface area contributed by atoms with Crippen LogP contribution in [0.3, 0.4) is 0 Å². The van der Waals surface area contributed by atoms with Gasteiger partial charge in [0.05, 0.1) is 12.7 Å². The number of rotatable bonds is 4. The Bertz CT molecular complexity index is 734. The van der Waals surface area contributed by atoms with Crippen LogP contribution in [0.2, 0.25) is 0 Å². The molecule has 0 radical (unpaired) electrons. The van der Waals surface area contributed by atoms with Gasteiger partial charge in [0.2, 0.25) is 5.89 Å². The van der Waals surface area contributed by atoms with Crippen molar-refractivity contribution in [1.29, 1.82) is 0 Å². The number of hydrogen-bond acceptors (Lipinski definition) is 4. The number of methoxy groups -OCH3 is 1. The highest BCUT2D eigenvalue weighted by Crippen LogP contribution is 2.31. The lowest BCUT2D eigenvalue weighted by Crippen LogP contribution is -2.04. The molecule has 0 atom stereocenters. The van der Waals surface area contributed by atoms with Crippen molar-refractivity contribution in [1.82, 2.24) is 10.3 Å². The van der Waals surface area contributed by atoms with Crippen LogP contribution in [-0.2, 0) is 6.54 Å². The van der Waals surface area contributed by atoms with Crippen LogP contribution in [0.5, 0.6) is 5.75 Å². The minimum Gasteiger partial charge on any atom is -0.496 e. The fourth-order valence-electron chi connectivity index (χ4n) is 2.22. The van der Waals surface area contributed by atoms with E-state index in [4.69, 9.17) is 9.15 Å². The molecule has 1 aromatic heterocycles. The Balaban J connectivity index is 2.08. The van der Waals surface area contributed by atoms with Crippen molar-refractivity contribution in [3.05, 3.63) is 48.0 Å². The molecule has 0 aliphatic rings. The van der Waals surface area contributed by atoms with Crippen LogP contribution in [0.15, 0.2) is 46.9 Å². The van der Waals surface area contributed by atoms with Crippen molar-refractivity contribution in [3.63, 3.8) is 0 Å². The molecule has 0 aliphatic carbocycles. The maximum atomic E-state index is 5.82. The van der Waals surface area contributed by atoms with Gasteiger partial charge in [0.25, 0.3) is 0 Å². The summed E-state index contributed by atoms with van der Waals surface area (Å²) in [4.78, 5) is 4.56. The molecule has 0 aliphatic heterocycles. The molecule has 102 valence electrons. The zero-order chi connectivity index (χ0) is 13.9. The van der Waals surface area contributed by atoms with Gasteiger partial charge in [0.1, 0.15) is 11.3 Å². The second kappa shape index (κ2) is 5.35. The minimum absolute atomic E-state index is 0.582. The number of para-hydroxylation sites is 1. The number of hydrogen-bond donors (Lipinski definition) is 1. The van der Waals surface area contributed by atoms with Crippen molar-refractivity contribution in [2.45, 2.75) is 6.54 Å². The molecule has 20 heavy (non-hydrogen) atoms. The van der Waals surface area contributed by atoms with Crippen LogP contribution in [0.4, 0.5) is 0 Å². The summed E-state index contributed by atoms with van der Waals surface area (Å²) in [6.07, 6.45) is 0. The van der Waals surface area contributed by atoms with Gasteiger partial charge in [-0.2, -0.15) is 0 Å². The Morgan fingerprint density at radius 3 is 2.85 bits per heavy atom. The quantitative estimate of drug-likeness (QED) is 0.789. The summed E-state index contributed by atoms with van der Waals surface area (Å²) >= 11 is 0. The van der Waals surface area contributed by atoms with E-state index >= 15 is 0 Å². The topological polar surface area (TPSA) is 47.3 Å². The molecule has 2 aromatic carbocycles. The first-order chi connectivity index (χ1) is 9.81. The monoisotopic (exact) mass is 268 g/mol. The van der Waals surface area contributed by atoms with Crippen LogP contribution in [0.25, 0.3) is 22.6 Å². The lowest BCUT2D eigenvalue weighted by Gasteiger charge is -2.03.